The Morgan fingerprint density at radius 1 is 1.10 bits per heavy atom. The second-order valence-corrected chi connectivity index (χ2v) is 8.30. The molecule has 0 unspecified atom stereocenters. The Hall–Kier alpha value is -2.30. The highest BCUT2D eigenvalue weighted by Gasteiger charge is 2.21. The van der Waals surface area contributed by atoms with Gasteiger partial charge in [-0.25, -0.2) is 4.39 Å². The molecule has 0 N–H and O–H groups in total. The Balaban J connectivity index is 1.84. The van der Waals surface area contributed by atoms with Gasteiger partial charge in [-0.2, -0.15) is 0 Å². The topological polar surface area (TPSA) is 25.2 Å². The Morgan fingerprint density at radius 3 is 2.59 bits per heavy atom. The van der Waals surface area contributed by atoms with E-state index in [9.17, 15) is 9.18 Å². The molecule has 0 saturated heterocycles. The molecule has 0 saturated carbocycles. The third-order valence-electron chi connectivity index (χ3n) is 4.55. The van der Waals surface area contributed by atoms with E-state index in [1.54, 1.807) is 29.2 Å². The maximum Gasteiger partial charge on any atom is 0.255 e. The van der Waals surface area contributed by atoms with Crippen LogP contribution in [0.4, 0.5) is 4.39 Å². The summed E-state index contributed by atoms with van der Waals surface area (Å²) in [4.78, 5) is 15.0. The molecule has 0 radical (unpaired) electrons. The minimum atomic E-state index is -0.259. The zero-order valence-corrected chi connectivity index (χ0v) is 17.9. The average Bonchev–Trinajstić information content (AvgIpc) is 3.07. The molecule has 29 heavy (non-hydrogen) atoms. The van der Waals surface area contributed by atoms with Crippen LogP contribution >= 0.6 is 23.2 Å². The molecule has 3 rings (SSSR count). The monoisotopic (exact) mass is 432 g/mol. The summed E-state index contributed by atoms with van der Waals surface area (Å²) >= 11 is 12.2. The highest BCUT2D eigenvalue weighted by Crippen LogP contribution is 2.24. The van der Waals surface area contributed by atoms with Gasteiger partial charge in [0.05, 0.1) is 17.1 Å². The first-order valence-electron chi connectivity index (χ1n) is 9.46. The summed E-state index contributed by atoms with van der Waals surface area (Å²) < 4.78 is 15.6. The van der Waals surface area contributed by atoms with E-state index in [2.05, 4.69) is 13.8 Å². The van der Waals surface area contributed by atoms with Crippen molar-refractivity contribution in [2.24, 2.45) is 5.92 Å². The van der Waals surface area contributed by atoms with Crippen molar-refractivity contribution in [2.45, 2.75) is 26.9 Å². The fraction of sp³-hybridized carbons (Fsp3) is 0.261. The van der Waals surface area contributed by atoms with Crippen LogP contribution in [0, 0.1) is 11.7 Å². The zero-order chi connectivity index (χ0) is 21.0. The molecule has 6 heteroatoms. The summed E-state index contributed by atoms with van der Waals surface area (Å²) in [5.74, 6) is -0.110. The minimum absolute atomic E-state index is 0.140. The van der Waals surface area contributed by atoms with Crippen molar-refractivity contribution in [3.05, 3.63) is 93.5 Å². The molecule has 3 nitrogen and oxygen atoms in total. The summed E-state index contributed by atoms with van der Waals surface area (Å²) in [5, 5.41) is 0.831. The van der Waals surface area contributed by atoms with E-state index >= 15 is 0 Å². The Labute approximate surface area is 180 Å². The van der Waals surface area contributed by atoms with Crippen molar-refractivity contribution < 1.29 is 9.18 Å². The Bertz CT molecular complexity index is 1000. The van der Waals surface area contributed by atoms with Crippen LogP contribution in [0.15, 0.2) is 60.8 Å². The van der Waals surface area contributed by atoms with E-state index in [4.69, 9.17) is 23.2 Å². The quantitative estimate of drug-likeness (QED) is 0.431. The SMILES string of the molecule is CC(C)CN(Cc1cccn1Cc1cccc(F)c1)C(=O)c1ccc(Cl)cc1Cl. The van der Waals surface area contributed by atoms with E-state index in [0.29, 0.717) is 35.2 Å². The number of carbonyl (C=O) groups excluding carboxylic acids is 1. The van der Waals surface area contributed by atoms with Gasteiger partial charge in [0, 0.05) is 30.0 Å². The summed E-state index contributed by atoms with van der Waals surface area (Å²) in [5.41, 5.74) is 2.26. The van der Waals surface area contributed by atoms with Gasteiger partial charge in [0.25, 0.3) is 5.91 Å². The number of hydrogen-bond donors (Lipinski definition) is 0. The average molecular weight is 433 g/mol. The van der Waals surface area contributed by atoms with Gasteiger partial charge in [-0.15, -0.1) is 0 Å². The van der Waals surface area contributed by atoms with Gasteiger partial charge in [0.2, 0.25) is 0 Å². The molecule has 0 aliphatic rings. The van der Waals surface area contributed by atoms with Crippen LogP contribution in [0.2, 0.25) is 10.0 Å². The first-order valence-corrected chi connectivity index (χ1v) is 10.2. The van der Waals surface area contributed by atoms with Crippen molar-refractivity contribution in [1.82, 2.24) is 9.47 Å². The van der Waals surface area contributed by atoms with Gasteiger partial charge in [0.15, 0.2) is 0 Å². The molecule has 3 aromatic rings. The fourth-order valence-corrected chi connectivity index (χ4v) is 3.76. The first-order chi connectivity index (χ1) is 13.8. The molecule has 1 heterocycles. The van der Waals surface area contributed by atoms with Crippen LogP contribution in [0.3, 0.4) is 0 Å². The van der Waals surface area contributed by atoms with Crippen molar-refractivity contribution in [3.8, 4) is 0 Å². The second kappa shape index (κ2) is 9.47. The van der Waals surface area contributed by atoms with E-state index in [1.807, 2.05) is 29.0 Å². The second-order valence-electron chi connectivity index (χ2n) is 7.46. The van der Waals surface area contributed by atoms with Crippen LogP contribution in [0.5, 0.6) is 0 Å². The van der Waals surface area contributed by atoms with Crippen molar-refractivity contribution in [3.63, 3.8) is 0 Å². The number of rotatable bonds is 7. The maximum atomic E-state index is 13.5. The number of benzene rings is 2. The van der Waals surface area contributed by atoms with Crippen LogP contribution in [-0.2, 0) is 13.1 Å². The van der Waals surface area contributed by atoms with E-state index < -0.39 is 0 Å². The number of carbonyl (C=O) groups is 1. The molecule has 0 aliphatic heterocycles. The standard InChI is InChI=1S/C23H23Cl2FN2O/c1-16(2)13-28(23(29)21-9-8-18(24)12-22(21)25)15-20-7-4-10-27(20)14-17-5-3-6-19(26)11-17/h3-12,16H,13-15H2,1-2H3. The van der Waals surface area contributed by atoms with Crippen molar-refractivity contribution in [2.75, 3.05) is 6.54 Å². The zero-order valence-electron chi connectivity index (χ0n) is 16.4. The smallest absolute Gasteiger partial charge is 0.255 e. The summed E-state index contributed by atoms with van der Waals surface area (Å²) in [6.45, 7) is 5.68. The van der Waals surface area contributed by atoms with E-state index in [0.717, 1.165) is 11.3 Å². The number of nitrogens with zero attached hydrogens (tertiary/aromatic N) is 2. The molecule has 0 spiro atoms. The van der Waals surface area contributed by atoms with Crippen LogP contribution < -0.4 is 0 Å². The summed E-state index contributed by atoms with van der Waals surface area (Å²) in [7, 11) is 0. The molecule has 1 aromatic heterocycles. The van der Waals surface area contributed by atoms with Gasteiger partial charge in [0.1, 0.15) is 5.82 Å². The lowest BCUT2D eigenvalue weighted by molar-refractivity contribution is 0.0719. The van der Waals surface area contributed by atoms with Gasteiger partial charge in [-0.3, -0.25) is 4.79 Å². The lowest BCUT2D eigenvalue weighted by atomic mass is 10.1. The van der Waals surface area contributed by atoms with Crippen LogP contribution in [0.25, 0.3) is 0 Å². The van der Waals surface area contributed by atoms with Gasteiger partial charge < -0.3 is 9.47 Å². The molecule has 0 aliphatic carbocycles. The van der Waals surface area contributed by atoms with Crippen molar-refractivity contribution >= 4 is 29.1 Å². The largest absolute Gasteiger partial charge is 0.345 e. The molecule has 0 atom stereocenters. The third kappa shape index (κ3) is 5.62. The first kappa shape index (κ1) is 21.4. The third-order valence-corrected chi connectivity index (χ3v) is 5.10. The maximum absolute atomic E-state index is 13.5. The predicted octanol–water partition coefficient (Wildman–Crippen LogP) is 6.28. The molecule has 0 bridgehead atoms. The summed E-state index contributed by atoms with van der Waals surface area (Å²) in [6.07, 6.45) is 1.94. The molecular formula is C23H23Cl2FN2O. The van der Waals surface area contributed by atoms with Crippen molar-refractivity contribution in [1.29, 1.82) is 0 Å². The van der Waals surface area contributed by atoms with E-state index in [1.165, 1.54) is 12.1 Å². The molecule has 152 valence electrons. The number of amides is 1. The van der Waals surface area contributed by atoms with Crippen LogP contribution in [0.1, 0.15) is 35.5 Å². The highest BCUT2D eigenvalue weighted by atomic mass is 35.5. The minimum Gasteiger partial charge on any atom is -0.345 e. The Kier molecular flexibility index (Phi) is 6.99. The number of hydrogen-bond acceptors (Lipinski definition) is 1. The molecule has 1 amide bonds. The molecule has 2 aromatic carbocycles. The van der Waals surface area contributed by atoms with Gasteiger partial charge in [-0.1, -0.05) is 49.2 Å². The molecule has 0 fully saturated rings. The Morgan fingerprint density at radius 2 is 1.90 bits per heavy atom. The number of aromatic nitrogens is 1. The number of halogens is 3. The summed E-state index contributed by atoms with van der Waals surface area (Å²) in [6, 6.07) is 15.4. The normalized spacial score (nSPS) is 11.1. The van der Waals surface area contributed by atoms with Gasteiger partial charge in [-0.05, 0) is 53.9 Å². The predicted molar refractivity (Wildman–Crippen MR) is 116 cm³/mol. The van der Waals surface area contributed by atoms with Crippen LogP contribution in [-0.4, -0.2) is 21.9 Å². The molecular weight excluding hydrogens is 410 g/mol. The van der Waals surface area contributed by atoms with Gasteiger partial charge >= 0.3 is 0 Å². The highest BCUT2D eigenvalue weighted by molar-refractivity contribution is 6.36. The fourth-order valence-electron chi connectivity index (χ4n) is 3.27. The lowest BCUT2D eigenvalue weighted by Gasteiger charge is -2.26. The lowest BCUT2D eigenvalue weighted by Crippen LogP contribution is -2.34. The van der Waals surface area contributed by atoms with E-state index in [-0.39, 0.29) is 17.6 Å².